The molecule has 4 nitrogen and oxygen atoms in total. The first-order chi connectivity index (χ1) is 12.4. The van der Waals surface area contributed by atoms with Crippen LogP contribution in [0.1, 0.15) is 86.0 Å². The highest BCUT2D eigenvalue weighted by atomic mass is 17.2. The average Bonchev–Trinajstić information content (AvgIpc) is 2.65. The minimum absolute atomic E-state index is 0.00235. The van der Waals surface area contributed by atoms with Gasteiger partial charge in [0.2, 0.25) is 0 Å². The molecule has 0 aliphatic carbocycles. The van der Waals surface area contributed by atoms with Crippen molar-refractivity contribution in [1.82, 2.24) is 0 Å². The Labute approximate surface area is 159 Å². The van der Waals surface area contributed by atoms with Gasteiger partial charge >= 0.3 is 5.97 Å². The Morgan fingerprint density at radius 1 is 1.27 bits per heavy atom. The number of rotatable bonds is 11. The number of hydrogen-bond donors (Lipinski definition) is 1. The molecule has 26 heavy (non-hydrogen) atoms. The first kappa shape index (κ1) is 22.9. The third kappa shape index (κ3) is 6.88. The minimum atomic E-state index is -0.834. The molecule has 150 valence electrons. The van der Waals surface area contributed by atoms with Crippen molar-refractivity contribution in [2.75, 3.05) is 0 Å². The summed E-state index contributed by atoms with van der Waals surface area (Å²) in [6.45, 7) is 10.8. The standard InChI is InChI=1S/C22H38O4/c1-6-11-12-17(7-2)13-18(8-3)15-22(10-5)16-19(9-4)20(25-26-22)14-21(23)24/h11-12,15,17,19-20H,6-10,13-14,16H2,1-5H3,(H,23,24)/b12-11+,18-15+/t17?,19-,20-,22-/m0/s1. The maximum Gasteiger partial charge on any atom is 0.306 e. The van der Waals surface area contributed by atoms with E-state index in [2.05, 4.69) is 52.8 Å². The fourth-order valence-electron chi connectivity index (χ4n) is 3.70. The highest BCUT2D eigenvalue weighted by Gasteiger charge is 2.41. The molecule has 0 radical (unpaired) electrons. The Balaban J connectivity index is 2.94. The Bertz CT molecular complexity index is 483. The summed E-state index contributed by atoms with van der Waals surface area (Å²) in [5.74, 6) is -0.0725. The van der Waals surface area contributed by atoms with Crippen LogP contribution >= 0.6 is 0 Å². The molecule has 0 amide bonds. The van der Waals surface area contributed by atoms with Crippen molar-refractivity contribution in [3.8, 4) is 0 Å². The van der Waals surface area contributed by atoms with Crippen LogP contribution in [-0.2, 0) is 14.6 Å². The average molecular weight is 367 g/mol. The second-order valence-corrected chi connectivity index (χ2v) is 7.47. The maximum atomic E-state index is 11.1. The first-order valence-electron chi connectivity index (χ1n) is 10.4. The Morgan fingerprint density at radius 3 is 2.50 bits per heavy atom. The van der Waals surface area contributed by atoms with Crippen LogP contribution in [0.2, 0.25) is 0 Å². The summed E-state index contributed by atoms with van der Waals surface area (Å²) in [5, 5.41) is 9.09. The second-order valence-electron chi connectivity index (χ2n) is 7.47. The van der Waals surface area contributed by atoms with E-state index in [4.69, 9.17) is 14.9 Å². The van der Waals surface area contributed by atoms with Gasteiger partial charge in [-0.05, 0) is 50.4 Å². The van der Waals surface area contributed by atoms with Gasteiger partial charge in [-0.15, -0.1) is 0 Å². The van der Waals surface area contributed by atoms with Crippen LogP contribution in [0.3, 0.4) is 0 Å². The second kappa shape index (κ2) is 11.6. The van der Waals surface area contributed by atoms with E-state index in [9.17, 15) is 4.79 Å². The zero-order valence-electron chi connectivity index (χ0n) is 17.3. The topological polar surface area (TPSA) is 55.8 Å². The molecule has 0 aromatic carbocycles. The van der Waals surface area contributed by atoms with Crippen molar-refractivity contribution in [2.24, 2.45) is 11.8 Å². The lowest BCUT2D eigenvalue weighted by molar-refractivity contribution is -0.409. The molecule has 1 unspecified atom stereocenters. The van der Waals surface area contributed by atoms with Gasteiger partial charge in [0.1, 0.15) is 11.7 Å². The molecule has 1 rings (SSSR count). The molecule has 0 aromatic rings. The Hall–Kier alpha value is -1.13. The predicted octanol–water partition coefficient (Wildman–Crippen LogP) is 6.08. The van der Waals surface area contributed by atoms with Gasteiger partial charge in [-0.3, -0.25) is 4.79 Å². The van der Waals surface area contributed by atoms with Gasteiger partial charge < -0.3 is 5.11 Å². The highest BCUT2D eigenvalue weighted by Crippen LogP contribution is 2.39. The van der Waals surface area contributed by atoms with Crippen LogP contribution in [0.4, 0.5) is 0 Å². The molecule has 0 spiro atoms. The summed E-state index contributed by atoms with van der Waals surface area (Å²) in [6.07, 6.45) is 13.3. The Kier molecular flexibility index (Phi) is 10.2. The SMILES string of the molecule is CC/C=C/C(CC)C/C(=C/[C@@]1(CC)C[C@H](CC)[C@H](CC(=O)O)OO1)CC. The van der Waals surface area contributed by atoms with E-state index in [0.717, 1.165) is 44.9 Å². The lowest BCUT2D eigenvalue weighted by atomic mass is 9.80. The fourth-order valence-corrected chi connectivity index (χ4v) is 3.70. The third-order valence-electron chi connectivity index (χ3n) is 5.58. The molecule has 1 fully saturated rings. The van der Waals surface area contributed by atoms with Crippen LogP contribution in [0.5, 0.6) is 0 Å². The van der Waals surface area contributed by atoms with Crippen molar-refractivity contribution in [3.63, 3.8) is 0 Å². The van der Waals surface area contributed by atoms with E-state index in [0.29, 0.717) is 5.92 Å². The normalized spacial score (nSPS) is 28.4. The number of allylic oxidation sites excluding steroid dienone is 3. The van der Waals surface area contributed by atoms with Crippen molar-refractivity contribution in [2.45, 2.75) is 97.7 Å². The zero-order valence-corrected chi connectivity index (χ0v) is 17.3. The van der Waals surface area contributed by atoms with E-state index in [1.54, 1.807) is 0 Å². The van der Waals surface area contributed by atoms with Crippen LogP contribution in [0, 0.1) is 11.8 Å². The number of carboxylic acid groups (broad SMARTS) is 1. The molecular weight excluding hydrogens is 328 g/mol. The van der Waals surface area contributed by atoms with E-state index >= 15 is 0 Å². The van der Waals surface area contributed by atoms with Gasteiger partial charge in [-0.25, -0.2) is 9.78 Å². The summed E-state index contributed by atoms with van der Waals surface area (Å²) in [6, 6.07) is 0. The van der Waals surface area contributed by atoms with Gasteiger partial charge in [0, 0.05) is 0 Å². The van der Waals surface area contributed by atoms with Gasteiger partial charge in [0.15, 0.2) is 0 Å². The first-order valence-corrected chi connectivity index (χ1v) is 10.4. The number of aliphatic carboxylic acids is 1. The molecular formula is C22H38O4. The Morgan fingerprint density at radius 2 is 2.00 bits per heavy atom. The molecule has 1 aliphatic heterocycles. The summed E-state index contributed by atoms with van der Waals surface area (Å²) < 4.78 is 0. The summed E-state index contributed by atoms with van der Waals surface area (Å²) in [5.41, 5.74) is 0.961. The molecule has 4 atom stereocenters. The third-order valence-corrected chi connectivity index (χ3v) is 5.58. The monoisotopic (exact) mass is 366 g/mol. The zero-order chi connectivity index (χ0) is 19.6. The van der Waals surface area contributed by atoms with Crippen molar-refractivity contribution in [3.05, 3.63) is 23.8 Å². The van der Waals surface area contributed by atoms with Crippen LogP contribution in [-0.4, -0.2) is 22.8 Å². The predicted molar refractivity (Wildman–Crippen MR) is 106 cm³/mol. The van der Waals surface area contributed by atoms with Gasteiger partial charge in [0.05, 0.1) is 6.42 Å². The van der Waals surface area contributed by atoms with Crippen LogP contribution < -0.4 is 0 Å². The van der Waals surface area contributed by atoms with E-state index < -0.39 is 11.6 Å². The quantitative estimate of drug-likeness (QED) is 0.356. The smallest absolute Gasteiger partial charge is 0.306 e. The van der Waals surface area contributed by atoms with Crippen molar-refractivity contribution in [1.29, 1.82) is 0 Å². The minimum Gasteiger partial charge on any atom is -0.481 e. The molecule has 0 aromatic heterocycles. The molecule has 1 aliphatic rings. The van der Waals surface area contributed by atoms with Crippen LogP contribution in [0.25, 0.3) is 0 Å². The van der Waals surface area contributed by atoms with Gasteiger partial charge in [0.25, 0.3) is 0 Å². The largest absolute Gasteiger partial charge is 0.481 e. The molecule has 1 heterocycles. The number of carbonyl (C=O) groups is 1. The van der Waals surface area contributed by atoms with E-state index in [1.165, 1.54) is 5.57 Å². The van der Waals surface area contributed by atoms with E-state index in [1.807, 2.05) is 0 Å². The van der Waals surface area contributed by atoms with Crippen molar-refractivity contribution >= 4 is 5.97 Å². The van der Waals surface area contributed by atoms with Crippen LogP contribution in [0.15, 0.2) is 23.8 Å². The molecule has 1 saturated heterocycles. The highest BCUT2D eigenvalue weighted by molar-refractivity contribution is 5.67. The number of hydrogen-bond acceptors (Lipinski definition) is 3. The molecule has 4 heteroatoms. The lowest BCUT2D eigenvalue weighted by Crippen LogP contribution is -2.44. The maximum absolute atomic E-state index is 11.1. The van der Waals surface area contributed by atoms with Gasteiger partial charge in [-0.1, -0.05) is 64.8 Å². The van der Waals surface area contributed by atoms with Crippen molar-refractivity contribution < 1.29 is 19.7 Å². The summed E-state index contributed by atoms with van der Waals surface area (Å²) >= 11 is 0. The summed E-state index contributed by atoms with van der Waals surface area (Å²) in [4.78, 5) is 22.5. The summed E-state index contributed by atoms with van der Waals surface area (Å²) in [7, 11) is 0. The van der Waals surface area contributed by atoms with Gasteiger partial charge in [-0.2, -0.15) is 0 Å². The molecule has 1 N–H and O–H groups in total. The molecule has 0 bridgehead atoms. The number of carboxylic acids is 1. The fraction of sp³-hybridized carbons (Fsp3) is 0.773. The van der Waals surface area contributed by atoms with E-state index in [-0.39, 0.29) is 18.4 Å². The molecule has 0 saturated carbocycles. The lowest BCUT2D eigenvalue weighted by Gasteiger charge is -2.41.